The van der Waals surface area contributed by atoms with Crippen molar-refractivity contribution in [2.75, 3.05) is 6.61 Å². The predicted molar refractivity (Wildman–Crippen MR) is 100.0 cm³/mol. The van der Waals surface area contributed by atoms with Gasteiger partial charge in [0.1, 0.15) is 6.61 Å². The minimum atomic E-state index is 0.463. The summed E-state index contributed by atoms with van der Waals surface area (Å²) >= 11 is 6.01. The number of nitrogens with one attached hydrogen (secondary N) is 1. The van der Waals surface area contributed by atoms with Crippen LogP contribution in [0.3, 0.4) is 0 Å². The maximum Gasteiger partial charge on any atom is 0.161 e. The molecule has 2 aromatic rings. The first kappa shape index (κ1) is 18.6. The summed E-state index contributed by atoms with van der Waals surface area (Å²) in [6.07, 6.45) is 1.11. The van der Waals surface area contributed by atoms with Gasteiger partial charge in [0.15, 0.2) is 11.5 Å². The van der Waals surface area contributed by atoms with Gasteiger partial charge in [-0.15, -0.1) is 0 Å². The van der Waals surface area contributed by atoms with Crippen LogP contribution < -0.4 is 14.8 Å². The first-order valence-corrected chi connectivity index (χ1v) is 8.86. The summed E-state index contributed by atoms with van der Waals surface area (Å²) in [5, 5.41) is 4.21. The van der Waals surface area contributed by atoms with E-state index in [9.17, 15) is 0 Å². The first-order valence-electron chi connectivity index (χ1n) is 8.48. The number of benzene rings is 2. The van der Waals surface area contributed by atoms with Crippen molar-refractivity contribution >= 4 is 11.6 Å². The number of ether oxygens (including phenoxy) is 2. The lowest BCUT2D eigenvalue weighted by Gasteiger charge is -2.15. The summed E-state index contributed by atoms with van der Waals surface area (Å²) in [7, 11) is 0. The zero-order valence-electron chi connectivity index (χ0n) is 14.6. The van der Waals surface area contributed by atoms with Crippen molar-refractivity contribution in [1.82, 2.24) is 5.32 Å². The molecule has 0 saturated heterocycles. The molecule has 4 heteroatoms. The van der Waals surface area contributed by atoms with E-state index in [1.54, 1.807) is 0 Å². The van der Waals surface area contributed by atoms with Crippen molar-refractivity contribution in [2.45, 2.75) is 46.4 Å². The molecule has 0 amide bonds. The van der Waals surface area contributed by atoms with E-state index < -0.39 is 0 Å². The van der Waals surface area contributed by atoms with Crippen LogP contribution in [0.5, 0.6) is 11.5 Å². The third-order valence-electron chi connectivity index (χ3n) is 3.86. The van der Waals surface area contributed by atoms with Gasteiger partial charge in [-0.05, 0) is 55.7 Å². The zero-order chi connectivity index (χ0) is 17.4. The van der Waals surface area contributed by atoms with Gasteiger partial charge in [0.2, 0.25) is 0 Å². The van der Waals surface area contributed by atoms with Crippen LogP contribution >= 0.6 is 11.6 Å². The quantitative estimate of drug-likeness (QED) is 0.675. The molecule has 3 nitrogen and oxygen atoms in total. The summed E-state index contributed by atoms with van der Waals surface area (Å²) in [5.74, 6) is 1.53. The van der Waals surface area contributed by atoms with Crippen molar-refractivity contribution in [3.8, 4) is 11.5 Å². The smallest absolute Gasteiger partial charge is 0.161 e. The largest absolute Gasteiger partial charge is 0.490 e. The fraction of sp³-hybridized carbons (Fsp3) is 0.400. The molecule has 130 valence electrons. The molecule has 0 saturated carbocycles. The van der Waals surface area contributed by atoms with Crippen molar-refractivity contribution in [3.63, 3.8) is 0 Å². The van der Waals surface area contributed by atoms with Gasteiger partial charge in [0, 0.05) is 17.6 Å². The van der Waals surface area contributed by atoms with Gasteiger partial charge in [-0.3, -0.25) is 0 Å². The van der Waals surface area contributed by atoms with Crippen LogP contribution in [0.15, 0.2) is 42.5 Å². The standard InChI is InChI=1S/C20H26ClNO2/c1-4-15(3)22-13-16-9-10-19(20(12-16)23-5-2)24-14-17-7-6-8-18(21)11-17/h6-12,15,22H,4-5,13-14H2,1-3H3/t15-/m1/s1. The molecule has 0 heterocycles. The lowest BCUT2D eigenvalue weighted by Crippen LogP contribution is -2.24. The Morgan fingerprint density at radius 3 is 2.54 bits per heavy atom. The van der Waals surface area contributed by atoms with Crippen molar-refractivity contribution in [2.24, 2.45) is 0 Å². The summed E-state index contributed by atoms with van der Waals surface area (Å²) in [5.41, 5.74) is 2.22. The molecule has 2 rings (SSSR count). The van der Waals surface area contributed by atoms with Crippen LogP contribution in [-0.4, -0.2) is 12.6 Å². The second-order valence-electron chi connectivity index (χ2n) is 5.82. The average molecular weight is 348 g/mol. The Labute approximate surface area is 149 Å². The molecule has 2 aromatic carbocycles. The van der Waals surface area contributed by atoms with Gasteiger partial charge in [0.25, 0.3) is 0 Å². The van der Waals surface area contributed by atoms with Crippen molar-refractivity contribution < 1.29 is 9.47 Å². The van der Waals surface area contributed by atoms with Crippen LogP contribution in [0.2, 0.25) is 5.02 Å². The molecule has 0 fully saturated rings. The van der Waals surface area contributed by atoms with Crippen LogP contribution in [-0.2, 0) is 13.2 Å². The van der Waals surface area contributed by atoms with E-state index in [1.807, 2.05) is 43.3 Å². The number of rotatable bonds is 9. The summed E-state index contributed by atoms with van der Waals surface area (Å²) in [4.78, 5) is 0. The minimum Gasteiger partial charge on any atom is -0.490 e. The number of halogens is 1. The van der Waals surface area contributed by atoms with Crippen LogP contribution in [0, 0.1) is 0 Å². The minimum absolute atomic E-state index is 0.463. The van der Waals surface area contributed by atoms with Crippen LogP contribution in [0.25, 0.3) is 0 Å². The van der Waals surface area contributed by atoms with E-state index in [-0.39, 0.29) is 0 Å². The maximum atomic E-state index is 6.01. The summed E-state index contributed by atoms with van der Waals surface area (Å²) in [6.45, 7) is 8.23. The third-order valence-corrected chi connectivity index (χ3v) is 4.09. The van der Waals surface area contributed by atoms with Gasteiger partial charge in [-0.1, -0.05) is 36.7 Å². The Balaban J connectivity index is 2.05. The van der Waals surface area contributed by atoms with Gasteiger partial charge >= 0.3 is 0 Å². The van der Waals surface area contributed by atoms with E-state index in [0.29, 0.717) is 24.3 Å². The number of hydrogen-bond acceptors (Lipinski definition) is 3. The molecule has 0 aliphatic heterocycles. The van der Waals surface area contributed by atoms with E-state index in [2.05, 4.69) is 25.2 Å². The molecule has 0 unspecified atom stereocenters. The Kier molecular flexibility index (Phi) is 7.41. The Hall–Kier alpha value is -1.71. The lowest BCUT2D eigenvalue weighted by molar-refractivity contribution is 0.269. The SMILES string of the molecule is CCOc1cc(CN[C@H](C)CC)ccc1OCc1cccc(Cl)c1. The van der Waals surface area contributed by atoms with E-state index in [0.717, 1.165) is 30.0 Å². The monoisotopic (exact) mass is 347 g/mol. The second kappa shape index (κ2) is 9.55. The second-order valence-corrected chi connectivity index (χ2v) is 6.26. The molecule has 24 heavy (non-hydrogen) atoms. The average Bonchev–Trinajstić information content (AvgIpc) is 2.59. The molecule has 0 aliphatic carbocycles. The normalized spacial score (nSPS) is 12.0. The van der Waals surface area contributed by atoms with E-state index in [1.165, 1.54) is 5.56 Å². The van der Waals surface area contributed by atoms with Crippen molar-refractivity contribution in [3.05, 3.63) is 58.6 Å². The van der Waals surface area contributed by atoms with E-state index >= 15 is 0 Å². The predicted octanol–water partition coefficient (Wildman–Crippen LogP) is 5.21. The molecule has 0 aliphatic rings. The van der Waals surface area contributed by atoms with Crippen molar-refractivity contribution in [1.29, 1.82) is 0 Å². The topological polar surface area (TPSA) is 30.5 Å². The molecule has 0 aromatic heterocycles. The molecule has 0 radical (unpaired) electrons. The first-order chi connectivity index (χ1) is 11.6. The summed E-state index contributed by atoms with van der Waals surface area (Å²) < 4.78 is 11.7. The van der Waals surface area contributed by atoms with Crippen LogP contribution in [0.4, 0.5) is 0 Å². The third kappa shape index (κ3) is 5.73. The zero-order valence-corrected chi connectivity index (χ0v) is 15.4. The fourth-order valence-corrected chi connectivity index (χ4v) is 2.49. The lowest BCUT2D eigenvalue weighted by atomic mass is 10.1. The van der Waals surface area contributed by atoms with Crippen LogP contribution in [0.1, 0.15) is 38.3 Å². The van der Waals surface area contributed by atoms with Gasteiger partial charge in [0.05, 0.1) is 6.61 Å². The van der Waals surface area contributed by atoms with Gasteiger partial charge < -0.3 is 14.8 Å². The van der Waals surface area contributed by atoms with E-state index in [4.69, 9.17) is 21.1 Å². The molecular weight excluding hydrogens is 322 g/mol. The molecule has 1 atom stereocenters. The summed E-state index contributed by atoms with van der Waals surface area (Å²) in [6, 6.07) is 14.3. The highest BCUT2D eigenvalue weighted by Gasteiger charge is 2.08. The highest BCUT2D eigenvalue weighted by atomic mass is 35.5. The Morgan fingerprint density at radius 1 is 1.00 bits per heavy atom. The highest BCUT2D eigenvalue weighted by molar-refractivity contribution is 6.30. The van der Waals surface area contributed by atoms with Gasteiger partial charge in [-0.25, -0.2) is 0 Å². The highest BCUT2D eigenvalue weighted by Crippen LogP contribution is 2.29. The Bertz CT molecular complexity index is 645. The maximum absolute atomic E-state index is 6.01. The Morgan fingerprint density at radius 2 is 1.83 bits per heavy atom. The molecule has 0 spiro atoms. The molecule has 0 bridgehead atoms. The fourth-order valence-electron chi connectivity index (χ4n) is 2.27. The molecule has 1 N–H and O–H groups in total. The van der Waals surface area contributed by atoms with Gasteiger partial charge in [-0.2, -0.15) is 0 Å². The molecular formula is C20H26ClNO2. The number of hydrogen-bond donors (Lipinski definition) is 1.